The quantitative estimate of drug-likeness (QED) is 0.128. The van der Waals surface area contributed by atoms with E-state index in [-0.39, 0.29) is 11.7 Å². The first-order chi connectivity index (χ1) is 18.7. The maximum atomic E-state index is 12.7. The van der Waals surface area contributed by atoms with Crippen LogP contribution in [-0.2, 0) is 9.59 Å². The van der Waals surface area contributed by atoms with Crippen LogP contribution >= 0.6 is 0 Å². The fourth-order valence-electron chi connectivity index (χ4n) is 3.39. The number of nitriles is 1. The Kier molecular flexibility index (Phi) is 10.9. The number of hydrazine groups is 2. The van der Waals surface area contributed by atoms with E-state index in [2.05, 4.69) is 25.9 Å². The highest BCUT2D eigenvalue weighted by atomic mass is 16.5. The fraction of sp³-hybridized carbons (Fsp3) is 0.280. The lowest BCUT2D eigenvalue weighted by Crippen LogP contribution is -2.48. The summed E-state index contributed by atoms with van der Waals surface area (Å²) in [5, 5.41) is 15.4. The zero-order valence-corrected chi connectivity index (χ0v) is 22.3. The summed E-state index contributed by atoms with van der Waals surface area (Å²) < 4.78 is 21.1. The predicted molar refractivity (Wildman–Crippen MR) is 141 cm³/mol. The largest absolute Gasteiger partial charge is 0.497 e. The third-order valence-corrected chi connectivity index (χ3v) is 5.14. The van der Waals surface area contributed by atoms with E-state index in [0.717, 1.165) is 0 Å². The van der Waals surface area contributed by atoms with Gasteiger partial charge in [-0.05, 0) is 36.4 Å². The summed E-state index contributed by atoms with van der Waals surface area (Å²) in [6.45, 7) is 7.18. The SMILES string of the molecule is [C-]#[N+]/N=C(/c1cc(OC)ccc1OC)N(C)NC(=O)CC(=O)NN(C)C(=NC#N)c1cc(OC)ccc1OC. The lowest BCUT2D eigenvalue weighted by Gasteiger charge is -2.23. The van der Waals surface area contributed by atoms with Crippen molar-refractivity contribution in [2.75, 3.05) is 42.5 Å². The average molecular weight is 537 g/mol. The van der Waals surface area contributed by atoms with Crippen molar-refractivity contribution in [1.82, 2.24) is 20.9 Å². The Hall–Kier alpha value is -5.50. The van der Waals surface area contributed by atoms with Crippen LogP contribution in [0.25, 0.3) is 4.95 Å². The zero-order chi connectivity index (χ0) is 28.9. The third-order valence-electron chi connectivity index (χ3n) is 5.14. The molecule has 0 unspecified atom stereocenters. The Morgan fingerprint density at radius 1 is 0.872 bits per heavy atom. The maximum Gasteiger partial charge on any atom is 0.248 e. The average Bonchev–Trinajstić information content (AvgIpc) is 2.93. The second-order valence-corrected chi connectivity index (χ2v) is 7.56. The smallest absolute Gasteiger partial charge is 0.248 e. The summed E-state index contributed by atoms with van der Waals surface area (Å²) in [4.78, 5) is 32.2. The molecule has 0 aliphatic rings. The van der Waals surface area contributed by atoms with Gasteiger partial charge in [0.05, 0.1) is 39.6 Å². The minimum absolute atomic E-state index is 0.0516. The number of aliphatic imine (C=N–C) groups is 1. The minimum Gasteiger partial charge on any atom is -0.497 e. The molecular weight excluding hydrogens is 508 g/mol. The fourth-order valence-corrected chi connectivity index (χ4v) is 3.39. The van der Waals surface area contributed by atoms with Gasteiger partial charge in [-0.1, -0.05) is 0 Å². The number of ether oxygens (including phenoxy) is 4. The molecule has 0 saturated carbocycles. The first-order valence-corrected chi connectivity index (χ1v) is 11.1. The van der Waals surface area contributed by atoms with Crippen molar-refractivity contribution < 1.29 is 28.5 Å². The number of nitrogens with one attached hydrogen (secondary N) is 2. The van der Waals surface area contributed by atoms with E-state index in [9.17, 15) is 14.9 Å². The Morgan fingerprint density at radius 2 is 1.33 bits per heavy atom. The van der Waals surface area contributed by atoms with Crippen LogP contribution in [0, 0.1) is 18.0 Å². The van der Waals surface area contributed by atoms with E-state index in [1.165, 1.54) is 52.6 Å². The molecule has 39 heavy (non-hydrogen) atoms. The number of amides is 2. The lowest BCUT2D eigenvalue weighted by molar-refractivity contribution is -0.132. The van der Waals surface area contributed by atoms with Crippen LogP contribution in [0.15, 0.2) is 46.5 Å². The molecule has 2 amide bonds. The van der Waals surface area contributed by atoms with Crippen LogP contribution in [0.3, 0.4) is 0 Å². The van der Waals surface area contributed by atoms with E-state index in [1.54, 1.807) is 42.6 Å². The summed E-state index contributed by atoms with van der Waals surface area (Å²) in [7, 11) is 8.76. The molecule has 0 aliphatic carbocycles. The second kappa shape index (κ2) is 14.3. The number of methoxy groups -OCH3 is 4. The molecule has 204 valence electrons. The molecule has 2 aromatic carbocycles. The number of hydrogen-bond acceptors (Lipinski definition) is 9. The molecular formula is C25H28N8O6. The standard InChI is InChI=1S/C25H28N8O6/c1-27-29-25(19-13-17(37-5)9-11-21(19)39-7)33(3)31-23(35)14-22(34)30-32(2)24(28-15-26)18-12-16(36-4)8-10-20(18)38-6/h8-13H,14H2,2-7H3,(H,30,34)(H,31,35)/b28-24?,29-25-. The molecule has 0 saturated heterocycles. The van der Waals surface area contributed by atoms with Gasteiger partial charge < -0.3 is 18.9 Å². The van der Waals surface area contributed by atoms with Crippen LogP contribution in [0.4, 0.5) is 0 Å². The number of carbonyl (C=O) groups excluding carboxylic acids is 2. The predicted octanol–water partition coefficient (Wildman–Crippen LogP) is 1.55. The van der Waals surface area contributed by atoms with Gasteiger partial charge >= 0.3 is 0 Å². The van der Waals surface area contributed by atoms with Crippen molar-refractivity contribution in [2.45, 2.75) is 6.42 Å². The summed E-state index contributed by atoms with van der Waals surface area (Å²) in [5.74, 6) is 0.409. The molecule has 2 N–H and O–H groups in total. The number of amidine groups is 2. The monoisotopic (exact) mass is 536 g/mol. The van der Waals surface area contributed by atoms with Gasteiger partial charge in [-0.3, -0.25) is 30.5 Å². The van der Waals surface area contributed by atoms with Crippen LogP contribution in [0.2, 0.25) is 0 Å². The van der Waals surface area contributed by atoms with Crippen LogP contribution in [-0.4, -0.2) is 76.0 Å². The summed E-state index contributed by atoms with van der Waals surface area (Å²) in [5.41, 5.74) is 5.75. The van der Waals surface area contributed by atoms with E-state index in [1.807, 2.05) is 0 Å². The third kappa shape index (κ3) is 7.74. The van der Waals surface area contributed by atoms with Gasteiger partial charge in [-0.2, -0.15) is 16.8 Å². The highest BCUT2D eigenvalue weighted by molar-refractivity contribution is 6.05. The van der Waals surface area contributed by atoms with Crippen molar-refractivity contribution in [3.8, 4) is 29.2 Å². The molecule has 0 radical (unpaired) electrons. The summed E-state index contributed by atoms with van der Waals surface area (Å²) >= 11 is 0. The van der Waals surface area contributed by atoms with Gasteiger partial charge in [-0.25, -0.2) is 0 Å². The molecule has 0 heterocycles. The van der Waals surface area contributed by atoms with Gasteiger partial charge in [0.25, 0.3) is 0 Å². The molecule has 14 heteroatoms. The van der Waals surface area contributed by atoms with Crippen molar-refractivity contribution >= 4 is 23.5 Å². The molecule has 0 aromatic heterocycles. The molecule has 14 nitrogen and oxygen atoms in total. The van der Waals surface area contributed by atoms with Gasteiger partial charge in [0.2, 0.25) is 23.8 Å². The molecule has 0 aliphatic heterocycles. The lowest BCUT2D eigenvalue weighted by atomic mass is 10.1. The topological polar surface area (TPSA) is 154 Å². The molecule has 0 atom stereocenters. The van der Waals surface area contributed by atoms with Crippen molar-refractivity contribution in [2.24, 2.45) is 10.1 Å². The van der Waals surface area contributed by atoms with E-state index >= 15 is 0 Å². The van der Waals surface area contributed by atoms with E-state index < -0.39 is 18.2 Å². The van der Waals surface area contributed by atoms with Gasteiger partial charge in [0.1, 0.15) is 34.5 Å². The van der Waals surface area contributed by atoms with Crippen molar-refractivity contribution in [1.29, 1.82) is 5.26 Å². The molecule has 0 spiro atoms. The van der Waals surface area contributed by atoms with Crippen LogP contribution in [0.5, 0.6) is 23.0 Å². The molecule has 0 fully saturated rings. The maximum absolute atomic E-state index is 12.7. The second-order valence-electron chi connectivity index (χ2n) is 7.56. The number of nitrogens with zero attached hydrogens (tertiary/aromatic N) is 6. The van der Waals surface area contributed by atoms with Crippen LogP contribution < -0.4 is 29.8 Å². The highest BCUT2D eigenvalue weighted by Crippen LogP contribution is 2.26. The van der Waals surface area contributed by atoms with Crippen molar-refractivity contribution in [3.05, 3.63) is 59.1 Å². The first kappa shape index (κ1) is 29.7. The van der Waals surface area contributed by atoms with Crippen LogP contribution in [0.1, 0.15) is 17.5 Å². The number of carbonyl (C=O) groups is 2. The van der Waals surface area contributed by atoms with Crippen molar-refractivity contribution in [3.63, 3.8) is 0 Å². The first-order valence-electron chi connectivity index (χ1n) is 11.1. The van der Waals surface area contributed by atoms with E-state index in [4.69, 9.17) is 25.5 Å². The van der Waals surface area contributed by atoms with Gasteiger partial charge in [0.15, 0.2) is 5.84 Å². The molecule has 2 aromatic rings. The number of rotatable bonds is 8. The Labute approximate surface area is 225 Å². The Bertz CT molecular complexity index is 1240. The normalized spacial score (nSPS) is 10.9. The van der Waals surface area contributed by atoms with E-state index in [0.29, 0.717) is 34.1 Å². The zero-order valence-electron chi connectivity index (χ0n) is 22.3. The number of benzene rings is 2. The summed E-state index contributed by atoms with van der Waals surface area (Å²) in [6.07, 6.45) is 1.08. The Morgan fingerprint density at radius 3 is 1.74 bits per heavy atom. The van der Waals surface area contributed by atoms with Gasteiger partial charge in [0, 0.05) is 14.1 Å². The number of hydrogen-bond donors (Lipinski definition) is 2. The highest BCUT2D eigenvalue weighted by Gasteiger charge is 2.23. The Balaban J connectivity index is 2.17. The molecule has 0 bridgehead atoms. The van der Waals surface area contributed by atoms with Gasteiger partial charge in [-0.15, -0.1) is 4.95 Å². The molecule has 2 rings (SSSR count). The minimum atomic E-state index is -0.710. The summed E-state index contributed by atoms with van der Waals surface area (Å²) in [6, 6.07) is 9.77.